The van der Waals surface area contributed by atoms with Crippen molar-refractivity contribution in [3.8, 4) is 17.1 Å². The molecule has 0 amide bonds. The molecule has 0 unspecified atom stereocenters. The van der Waals surface area contributed by atoms with E-state index in [4.69, 9.17) is 4.74 Å². The van der Waals surface area contributed by atoms with Crippen molar-refractivity contribution in [2.75, 3.05) is 7.11 Å². The van der Waals surface area contributed by atoms with Gasteiger partial charge in [-0.2, -0.15) is 9.50 Å². The van der Waals surface area contributed by atoms with Gasteiger partial charge < -0.3 is 4.74 Å². The summed E-state index contributed by atoms with van der Waals surface area (Å²) in [5.74, 6) is 1.16. The standard InChI is InChI=1S/C20H15N3O2S/c1-25-16-12-6-5-11-15(16)18-21-20-23(22-18)19(24)17(26-20)13-7-10-14-8-3-2-4-9-14/h2-13H,1H3. The first-order valence-electron chi connectivity index (χ1n) is 8.02. The van der Waals surface area contributed by atoms with E-state index in [-0.39, 0.29) is 5.56 Å². The highest BCUT2D eigenvalue weighted by Gasteiger charge is 2.14. The second-order valence-electron chi connectivity index (χ2n) is 5.54. The Hall–Kier alpha value is -3.25. The average Bonchev–Trinajstić information content (AvgIpc) is 3.22. The van der Waals surface area contributed by atoms with Crippen LogP contribution in [0.15, 0.2) is 65.5 Å². The van der Waals surface area contributed by atoms with Gasteiger partial charge in [-0.25, -0.2) is 0 Å². The summed E-state index contributed by atoms with van der Waals surface area (Å²) in [6.45, 7) is 0. The van der Waals surface area contributed by atoms with Gasteiger partial charge in [0.05, 0.1) is 17.2 Å². The molecule has 5 nitrogen and oxygen atoms in total. The van der Waals surface area contributed by atoms with Crippen molar-refractivity contribution in [1.29, 1.82) is 0 Å². The van der Waals surface area contributed by atoms with Crippen molar-refractivity contribution in [1.82, 2.24) is 14.6 Å². The SMILES string of the molecule is COc1ccccc1-c1nc2sc(=CC=Cc3ccccc3)c(=O)n2n1. The molecule has 0 radical (unpaired) electrons. The number of aromatic nitrogens is 3. The molecule has 26 heavy (non-hydrogen) atoms. The molecule has 0 saturated carbocycles. The van der Waals surface area contributed by atoms with Gasteiger partial charge in [-0.3, -0.25) is 4.79 Å². The Bertz CT molecular complexity index is 1190. The van der Waals surface area contributed by atoms with Gasteiger partial charge in [-0.1, -0.05) is 66.0 Å². The largest absolute Gasteiger partial charge is 0.496 e. The van der Waals surface area contributed by atoms with Crippen LogP contribution in [0.3, 0.4) is 0 Å². The molecule has 0 aliphatic carbocycles. The van der Waals surface area contributed by atoms with Crippen molar-refractivity contribution in [2.24, 2.45) is 0 Å². The van der Waals surface area contributed by atoms with Gasteiger partial charge in [0, 0.05) is 0 Å². The summed E-state index contributed by atoms with van der Waals surface area (Å²) < 4.78 is 7.28. The lowest BCUT2D eigenvalue weighted by Crippen LogP contribution is -2.23. The summed E-state index contributed by atoms with van der Waals surface area (Å²) in [6, 6.07) is 17.4. The minimum atomic E-state index is -0.170. The van der Waals surface area contributed by atoms with Crippen molar-refractivity contribution < 1.29 is 4.74 Å². The van der Waals surface area contributed by atoms with Crippen LogP contribution in [0.25, 0.3) is 28.5 Å². The molecule has 0 bridgehead atoms. The Balaban J connectivity index is 1.71. The van der Waals surface area contributed by atoms with Crippen LogP contribution in [0.2, 0.25) is 0 Å². The van der Waals surface area contributed by atoms with Crippen LogP contribution in [0.4, 0.5) is 0 Å². The number of benzene rings is 2. The van der Waals surface area contributed by atoms with Crippen molar-refractivity contribution >= 4 is 28.4 Å². The predicted molar refractivity (Wildman–Crippen MR) is 104 cm³/mol. The number of methoxy groups -OCH3 is 1. The molecule has 2 aromatic heterocycles. The Labute approximate surface area is 153 Å². The Kier molecular flexibility index (Phi) is 4.33. The molecule has 4 aromatic rings. The first kappa shape index (κ1) is 16.2. The fourth-order valence-corrected chi connectivity index (χ4v) is 3.46. The molecular weight excluding hydrogens is 346 g/mol. The van der Waals surface area contributed by atoms with Gasteiger partial charge in [-0.15, -0.1) is 5.10 Å². The van der Waals surface area contributed by atoms with Crippen LogP contribution in [0, 0.1) is 0 Å². The van der Waals surface area contributed by atoms with Gasteiger partial charge in [0.2, 0.25) is 4.96 Å². The molecule has 2 aromatic carbocycles. The molecule has 6 heteroatoms. The highest BCUT2D eigenvalue weighted by atomic mass is 32.1. The van der Waals surface area contributed by atoms with Gasteiger partial charge in [0.25, 0.3) is 5.56 Å². The van der Waals surface area contributed by atoms with E-state index in [0.29, 0.717) is 21.1 Å². The van der Waals surface area contributed by atoms with Crippen LogP contribution >= 0.6 is 11.3 Å². The molecular formula is C20H15N3O2S. The highest BCUT2D eigenvalue weighted by molar-refractivity contribution is 7.15. The number of hydrogen-bond donors (Lipinski definition) is 0. The van der Waals surface area contributed by atoms with Crippen molar-refractivity contribution in [3.63, 3.8) is 0 Å². The average molecular weight is 361 g/mol. The number of allylic oxidation sites excluding steroid dienone is 1. The maximum absolute atomic E-state index is 12.5. The summed E-state index contributed by atoms with van der Waals surface area (Å²) >= 11 is 1.32. The van der Waals surface area contributed by atoms with E-state index < -0.39 is 0 Å². The summed E-state index contributed by atoms with van der Waals surface area (Å²) in [7, 11) is 1.60. The van der Waals surface area contributed by atoms with E-state index in [9.17, 15) is 4.79 Å². The zero-order valence-corrected chi connectivity index (χ0v) is 14.8. The molecule has 0 saturated heterocycles. The normalized spacial score (nSPS) is 12.3. The number of hydrogen-bond acceptors (Lipinski definition) is 5. The van der Waals surface area contributed by atoms with E-state index in [1.165, 1.54) is 15.9 Å². The molecule has 4 rings (SSSR count). The van der Waals surface area contributed by atoms with Gasteiger partial charge >= 0.3 is 0 Å². The van der Waals surface area contributed by atoms with Crippen LogP contribution in [0.1, 0.15) is 5.56 Å². The molecule has 0 spiro atoms. The number of fused-ring (bicyclic) bond motifs is 1. The van der Waals surface area contributed by atoms with E-state index in [2.05, 4.69) is 10.1 Å². The Morgan fingerprint density at radius 3 is 2.62 bits per heavy atom. The third kappa shape index (κ3) is 3.02. The highest BCUT2D eigenvalue weighted by Crippen LogP contribution is 2.27. The fraction of sp³-hybridized carbons (Fsp3) is 0.0500. The summed E-state index contributed by atoms with van der Waals surface area (Å²) in [6.07, 6.45) is 5.61. The summed E-state index contributed by atoms with van der Waals surface area (Å²) in [4.78, 5) is 17.6. The number of rotatable bonds is 4. The lowest BCUT2D eigenvalue weighted by atomic mass is 10.2. The first-order valence-corrected chi connectivity index (χ1v) is 8.84. The lowest BCUT2D eigenvalue weighted by Gasteiger charge is -2.03. The second-order valence-corrected chi connectivity index (χ2v) is 6.55. The van der Waals surface area contributed by atoms with Crippen LogP contribution in [-0.4, -0.2) is 21.7 Å². The van der Waals surface area contributed by atoms with Crippen LogP contribution in [0.5, 0.6) is 5.75 Å². The first-order chi connectivity index (χ1) is 12.8. The molecule has 128 valence electrons. The minimum Gasteiger partial charge on any atom is -0.496 e. The monoisotopic (exact) mass is 361 g/mol. The predicted octanol–water partition coefficient (Wildman–Crippen LogP) is 3.04. The fourth-order valence-electron chi connectivity index (χ4n) is 2.60. The van der Waals surface area contributed by atoms with E-state index in [0.717, 1.165) is 11.1 Å². The van der Waals surface area contributed by atoms with Crippen molar-refractivity contribution in [3.05, 3.63) is 81.1 Å². The third-order valence-electron chi connectivity index (χ3n) is 3.87. The quantitative estimate of drug-likeness (QED) is 0.561. The molecule has 0 N–H and O–H groups in total. The number of nitrogens with zero attached hydrogens (tertiary/aromatic N) is 3. The van der Waals surface area contributed by atoms with Crippen LogP contribution in [-0.2, 0) is 0 Å². The maximum atomic E-state index is 12.5. The zero-order chi connectivity index (χ0) is 17.9. The summed E-state index contributed by atoms with van der Waals surface area (Å²) in [5.41, 5.74) is 1.67. The smallest absolute Gasteiger partial charge is 0.291 e. The number of ether oxygens (including phenoxy) is 1. The maximum Gasteiger partial charge on any atom is 0.291 e. The Morgan fingerprint density at radius 2 is 1.85 bits per heavy atom. The molecule has 0 fully saturated rings. The molecule has 2 heterocycles. The zero-order valence-electron chi connectivity index (χ0n) is 14.0. The second kappa shape index (κ2) is 6.93. The van der Waals surface area contributed by atoms with E-state index in [1.54, 1.807) is 13.2 Å². The summed E-state index contributed by atoms with van der Waals surface area (Å²) in [5, 5.41) is 4.36. The molecule has 0 atom stereocenters. The van der Waals surface area contributed by atoms with Crippen molar-refractivity contribution in [2.45, 2.75) is 0 Å². The molecule has 0 aliphatic heterocycles. The number of thiazole rings is 1. The van der Waals surface area contributed by atoms with E-state index >= 15 is 0 Å². The topological polar surface area (TPSA) is 56.5 Å². The molecule has 0 aliphatic rings. The minimum absolute atomic E-state index is 0.170. The van der Waals surface area contributed by atoms with E-state index in [1.807, 2.05) is 66.7 Å². The van der Waals surface area contributed by atoms with Gasteiger partial charge in [0.1, 0.15) is 5.75 Å². The number of para-hydroxylation sites is 1. The lowest BCUT2D eigenvalue weighted by molar-refractivity contribution is 0.416. The van der Waals surface area contributed by atoms with Crippen LogP contribution < -0.4 is 14.8 Å². The van der Waals surface area contributed by atoms with Gasteiger partial charge in [0.15, 0.2) is 5.82 Å². The Morgan fingerprint density at radius 1 is 1.08 bits per heavy atom. The van der Waals surface area contributed by atoms with Gasteiger partial charge in [-0.05, 0) is 23.8 Å². The third-order valence-corrected chi connectivity index (χ3v) is 4.84.